The van der Waals surface area contributed by atoms with Gasteiger partial charge in [-0.3, -0.25) is 4.79 Å². The van der Waals surface area contributed by atoms with Crippen molar-refractivity contribution >= 4 is 29.3 Å². The molecule has 128 valence electrons. The van der Waals surface area contributed by atoms with Crippen LogP contribution >= 0.6 is 23.5 Å². The van der Waals surface area contributed by atoms with Crippen molar-refractivity contribution in [3.8, 4) is 11.5 Å². The van der Waals surface area contributed by atoms with Crippen LogP contribution in [0.2, 0.25) is 0 Å². The highest BCUT2D eigenvalue weighted by Crippen LogP contribution is 2.23. The third-order valence-electron chi connectivity index (χ3n) is 3.20. The molecule has 2 aromatic carbocycles. The summed E-state index contributed by atoms with van der Waals surface area (Å²) in [5, 5.41) is 8.26. The second kappa shape index (κ2) is 8.73. The number of nitrogens with zero attached hydrogens (tertiary/aromatic N) is 2. The molecule has 0 saturated carbocycles. The molecular weight excluding hydrogens is 356 g/mol. The Balaban J connectivity index is 1.55. The fourth-order valence-corrected chi connectivity index (χ4v) is 3.06. The lowest BCUT2D eigenvalue weighted by molar-refractivity contribution is 0.102. The number of hydrogen-bond donors (Lipinski definition) is 0. The van der Waals surface area contributed by atoms with Gasteiger partial charge in [0.05, 0.1) is 11.5 Å². The average molecular weight is 372 g/mol. The Hall–Kier alpha value is -2.25. The number of carbonyl (C=O) groups excluding carboxylic acids is 1. The number of carbonyl (C=O) groups is 1. The van der Waals surface area contributed by atoms with Gasteiger partial charge in [0, 0.05) is 5.56 Å². The maximum atomic E-state index is 12.3. The molecule has 0 fully saturated rings. The molecule has 7 heteroatoms. The van der Waals surface area contributed by atoms with Gasteiger partial charge in [-0.25, -0.2) is 0 Å². The molecule has 1 heterocycles. The van der Waals surface area contributed by atoms with E-state index < -0.39 is 0 Å². The van der Waals surface area contributed by atoms with Crippen molar-refractivity contribution in [2.24, 2.45) is 0 Å². The fourth-order valence-electron chi connectivity index (χ4n) is 2.02. The maximum absolute atomic E-state index is 12.3. The Morgan fingerprint density at radius 3 is 2.48 bits per heavy atom. The first-order valence-electron chi connectivity index (χ1n) is 7.55. The Morgan fingerprint density at radius 2 is 1.76 bits per heavy atom. The molecule has 0 atom stereocenters. The van der Waals surface area contributed by atoms with E-state index in [1.807, 2.05) is 36.6 Å². The van der Waals surface area contributed by atoms with E-state index in [0.29, 0.717) is 28.2 Å². The molecule has 25 heavy (non-hydrogen) atoms. The van der Waals surface area contributed by atoms with Gasteiger partial charge in [0.1, 0.15) is 11.5 Å². The monoisotopic (exact) mass is 372 g/mol. The van der Waals surface area contributed by atoms with Crippen molar-refractivity contribution in [2.45, 2.75) is 11.0 Å². The normalized spacial score (nSPS) is 10.6. The van der Waals surface area contributed by atoms with Gasteiger partial charge in [-0.1, -0.05) is 30.0 Å². The van der Waals surface area contributed by atoms with Gasteiger partial charge in [0.25, 0.3) is 5.22 Å². The molecule has 0 radical (unpaired) electrons. The zero-order chi connectivity index (χ0) is 17.5. The van der Waals surface area contributed by atoms with Crippen molar-refractivity contribution in [3.05, 3.63) is 66.1 Å². The number of ether oxygens (including phenoxy) is 1. The van der Waals surface area contributed by atoms with Crippen LogP contribution in [0.3, 0.4) is 0 Å². The molecule has 0 aliphatic carbocycles. The lowest BCUT2D eigenvalue weighted by Gasteiger charge is -2.06. The summed E-state index contributed by atoms with van der Waals surface area (Å²) < 4.78 is 11.2. The number of Topliss-reactive ketones (excluding diaryl/α,β-unsaturated/α-hetero) is 1. The predicted octanol–water partition coefficient (Wildman–Crippen LogP) is 4.70. The second-order valence-corrected chi connectivity index (χ2v) is 6.84. The van der Waals surface area contributed by atoms with E-state index in [0.717, 1.165) is 5.75 Å². The van der Waals surface area contributed by atoms with Crippen LogP contribution < -0.4 is 4.74 Å². The standard InChI is InChI=1S/C18H16N2O3S2/c1-24-12-17-19-20-18(23-17)25-11-16(21)13-7-9-15(10-8-13)22-14-5-3-2-4-6-14/h2-10H,11-12H2,1H3. The van der Waals surface area contributed by atoms with E-state index >= 15 is 0 Å². The second-order valence-electron chi connectivity index (χ2n) is 5.05. The Kier molecular flexibility index (Phi) is 6.14. The van der Waals surface area contributed by atoms with Crippen LogP contribution in [-0.4, -0.2) is 28.0 Å². The molecular formula is C18H16N2O3S2. The first kappa shape index (κ1) is 17.6. The van der Waals surface area contributed by atoms with Crippen LogP contribution in [-0.2, 0) is 5.75 Å². The summed E-state index contributed by atoms with van der Waals surface area (Å²) in [5.41, 5.74) is 0.622. The van der Waals surface area contributed by atoms with Gasteiger partial charge in [-0.05, 0) is 42.7 Å². The highest BCUT2D eigenvalue weighted by atomic mass is 32.2. The summed E-state index contributed by atoms with van der Waals surface area (Å²) >= 11 is 2.85. The minimum atomic E-state index is 0.000813. The molecule has 0 spiro atoms. The first-order chi connectivity index (χ1) is 12.2. The van der Waals surface area contributed by atoms with Crippen molar-refractivity contribution in [3.63, 3.8) is 0 Å². The van der Waals surface area contributed by atoms with E-state index in [9.17, 15) is 4.79 Å². The summed E-state index contributed by atoms with van der Waals surface area (Å²) in [5.74, 6) is 2.94. The van der Waals surface area contributed by atoms with E-state index in [1.165, 1.54) is 11.8 Å². The number of hydrogen-bond acceptors (Lipinski definition) is 7. The summed E-state index contributed by atoms with van der Waals surface area (Å²) in [6.07, 6.45) is 1.96. The number of rotatable bonds is 8. The van der Waals surface area contributed by atoms with Crippen LogP contribution in [0.1, 0.15) is 16.2 Å². The number of para-hydroxylation sites is 1. The Bertz CT molecular complexity index is 820. The van der Waals surface area contributed by atoms with Crippen molar-refractivity contribution in [1.29, 1.82) is 0 Å². The first-order valence-corrected chi connectivity index (χ1v) is 9.93. The van der Waals surface area contributed by atoms with E-state index in [1.54, 1.807) is 36.0 Å². The largest absolute Gasteiger partial charge is 0.457 e. The minimum Gasteiger partial charge on any atom is -0.457 e. The van der Waals surface area contributed by atoms with Gasteiger partial charge in [-0.15, -0.1) is 10.2 Å². The molecule has 0 bridgehead atoms. The number of aromatic nitrogens is 2. The Morgan fingerprint density at radius 1 is 1.04 bits per heavy atom. The zero-order valence-electron chi connectivity index (χ0n) is 13.5. The maximum Gasteiger partial charge on any atom is 0.277 e. The van der Waals surface area contributed by atoms with Crippen LogP contribution in [0.5, 0.6) is 11.5 Å². The smallest absolute Gasteiger partial charge is 0.277 e. The van der Waals surface area contributed by atoms with Crippen LogP contribution in [0.4, 0.5) is 0 Å². The number of thioether (sulfide) groups is 2. The molecule has 3 rings (SSSR count). The summed E-state index contributed by atoms with van der Waals surface area (Å²) in [6, 6.07) is 16.6. The van der Waals surface area contributed by atoms with Gasteiger partial charge in [0.15, 0.2) is 5.78 Å². The van der Waals surface area contributed by atoms with Crippen LogP contribution in [0.15, 0.2) is 64.2 Å². The number of ketones is 1. The molecule has 0 unspecified atom stereocenters. The predicted molar refractivity (Wildman–Crippen MR) is 99.5 cm³/mol. The van der Waals surface area contributed by atoms with Crippen molar-refractivity contribution in [2.75, 3.05) is 12.0 Å². The lowest BCUT2D eigenvalue weighted by Crippen LogP contribution is -2.02. The zero-order valence-corrected chi connectivity index (χ0v) is 15.2. The molecule has 0 amide bonds. The molecule has 0 saturated heterocycles. The third-order valence-corrected chi connectivity index (χ3v) is 4.55. The van der Waals surface area contributed by atoms with Gasteiger partial charge in [-0.2, -0.15) is 11.8 Å². The highest BCUT2D eigenvalue weighted by Gasteiger charge is 2.11. The summed E-state index contributed by atoms with van der Waals surface area (Å²) in [4.78, 5) is 12.3. The third kappa shape index (κ3) is 5.11. The quantitative estimate of drug-likeness (QED) is 0.419. The average Bonchev–Trinajstić information content (AvgIpc) is 3.09. The molecule has 0 aliphatic heterocycles. The van der Waals surface area contributed by atoms with Crippen LogP contribution in [0, 0.1) is 0 Å². The molecule has 0 N–H and O–H groups in total. The number of benzene rings is 2. The topological polar surface area (TPSA) is 65.2 Å². The van der Waals surface area contributed by atoms with Gasteiger partial charge in [0.2, 0.25) is 5.89 Å². The van der Waals surface area contributed by atoms with E-state index in [4.69, 9.17) is 9.15 Å². The molecule has 3 aromatic rings. The molecule has 1 aromatic heterocycles. The van der Waals surface area contributed by atoms with Crippen LogP contribution in [0.25, 0.3) is 0 Å². The molecule has 5 nitrogen and oxygen atoms in total. The van der Waals surface area contributed by atoms with Gasteiger partial charge < -0.3 is 9.15 Å². The Labute approximate surface area is 154 Å². The minimum absolute atomic E-state index is 0.000813. The van der Waals surface area contributed by atoms with E-state index in [-0.39, 0.29) is 11.5 Å². The van der Waals surface area contributed by atoms with Crippen molar-refractivity contribution < 1.29 is 13.9 Å². The SMILES string of the molecule is CSCc1nnc(SCC(=O)c2ccc(Oc3ccccc3)cc2)o1. The highest BCUT2D eigenvalue weighted by molar-refractivity contribution is 7.99. The van der Waals surface area contributed by atoms with Gasteiger partial charge >= 0.3 is 0 Å². The lowest BCUT2D eigenvalue weighted by atomic mass is 10.1. The summed E-state index contributed by atoms with van der Waals surface area (Å²) in [6.45, 7) is 0. The van der Waals surface area contributed by atoms with Crippen molar-refractivity contribution in [1.82, 2.24) is 10.2 Å². The molecule has 0 aliphatic rings. The fraction of sp³-hybridized carbons (Fsp3) is 0.167. The summed E-state index contributed by atoms with van der Waals surface area (Å²) in [7, 11) is 0. The van der Waals surface area contributed by atoms with E-state index in [2.05, 4.69) is 10.2 Å².